The number of quaternary nitrogens is 1. The number of nitrogens with two attached hydrogens (primary N) is 1. The Morgan fingerprint density at radius 3 is 2.67 bits per heavy atom. The predicted molar refractivity (Wildman–Crippen MR) is 103 cm³/mol. The van der Waals surface area contributed by atoms with E-state index in [1.54, 1.807) is 30.3 Å². The third-order valence-corrected chi connectivity index (χ3v) is 5.07. The average molecular weight is 368 g/mol. The van der Waals surface area contributed by atoms with Crippen molar-refractivity contribution in [3.63, 3.8) is 0 Å². The van der Waals surface area contributed by atoms with Crippen LogP contribution >= 0.6 is 0 Å². The number of hydrogen-bond donors (Lipinski definition) is 2. The fourth-order valence-electron chi connectivity index (χ4n) is 3.65. The molecule has 2 aliphatic rings. The van der Waals surface area contributed by atoms with Crippen LogP contribution in [-0.4, -0.2) is 24.4 Å². The van der Waals surface area contributed by atoms with Gasteiger partial charge in [0.05, 0.1) is 12.2 Å². The number of anilines is 1. The Hall–Kier alpha value is -2.73. The summed E-state index contributed by atoms with van der Waals surface area (Å²) in [6.07, 6.45) is 9.81. The number of imide groups is 2. The molecule has 3 rings (SSSR count). The van der Waals surface area contributed by atoms with Crippen molar-refractivity contribution in [1.82, 2.24) is 5.32 Å². The van der Waals surface area contributed by atoms with Crippen molar-refractivity contribution in [1.29, 1.82) is 0 Å². The zero-order valence-corrected chi connectivity index (χ0v) is 15.6. The zero-order valence-electron chi connectivity index (χ0n) is 15.6. The number of nitrogens with zero attached hydrogens (tertiary/aromatic N) is 1. The lowest BCUT2D eigenvalue weighted by molar-refractivity contribution is -0.609. The van der Waals surface area contributed by atoms with Crippen LogP contribution in [0.5, 0.6) is 0 Å². The second-order valence-electron chi connectivity index (χ2n) is 6.88. The van der Waals surface area contributed by atoms with Gasteiger partial charge < -0.3 is 5.32 Å². The molecule has 0 bridgehead atoms. The molecule has 1 heterocycles. The number of barbiturate groups is 1. The molecule has 142 valence electrons. The first-order valence-electron chi connectivity index (χ1n) is 9.53. The second-order valence-corrected chi connectivity index (χ2v) is 6.88. The van der Waals surface area contributed by atoms with Crippen LogP contribution in [0, 0.1) is 5.92 Å². The molecule has 0 radical (unpaired) electrons. The van der Waals surface area contributed by atoms with Gasteiger partial charge in [-0.3, -0.25) is 14.9 Å². The smallest absolute Gasteiger partial charge is 0.316 e. The van der Waals surface area contributed by atoms with Crippen molar-refractivity contribution in [3.05, 3.63) is 53.8 Å². The number of para-hydroxylation sites is 1. The van der Waals surface area contributed by atoms with Crippen LogP contribution in [0.4, 0.5) is 10.5 Å². The first kappa shape index (κ1) is 19.0. The summed E-state index contributed by atoms with van der Waals surface area (Å²) in [5, 5.41) is 4.27. The van der Waals surface area contributed by atoms with E-state index in [2.05, 4.69) is 11.4 Å². The summed E-state index contributed by atoms with van der Waals surface area (Å²) in [5.41, 5.74) is 2.57. The van der Waals surface area contributed by atoms with Crippen LogP contribution in [-0.2, 0) is 9.59 Å². The second kappa shape index (κ2) is 8.77. The molecule has 1 aromatic carbocycles. The fraction of sp³-hybridized carbons (Fsp3) is 0.381. The number of nitrogens with one attached hydrogen (secondary N) is 1. The number of allylic oxidation sites excluding steroid dienone is 2. The standard InChI is InChI=1S/C21H25N3O3/c1-2-17(22-14-13-15-9-5-3-6-10-15)18-19(25)23-21(27)24(20(18)26)16-11-7-4-8-12-16/h2,4,7-9,11-12,18,22H,3,5-6,10,13-14H2,1H3,(H,23,25,27)/p+1/b17-2+/t18-/m0/s1. The third kappa shape index (κ3) is 4.34. The van der Waals surface area contributed by atoms with Crippen molar-refractivity contribution in [2.45, 2.75) is 39.0 Å². The van der Waals surface area contributed by atoms with Gasteiger partial charge in [0.1, 0.15) is 5.70 Å². The van der Waals surface area contributed by atoms with Gasteiger partial charge in [0.2, 0.25) is 0 Å². The highest BCUT2D eigenvalue weighted by atomic mass is 16.2. The molecule has 1 atom stereocenters. The maximum atomic E-state index is 13.0. The number of rotatable bonds is 6. The van der Waals surface area contributed by atoms with Gasteiger partial charge in [-0.2, -0.15) is 0 Å². The van der Waals surface area contributed by atoms with E-state index in [1.807, 2.05) is 18.3 Å². The van der Waals surface area contributed by atoms with Crippen LogP contribution in [0.3, 0.4) is 0 Å². The van der Waals surface area contributed by atoms with Gasteiger partial charge in [0.15, 0.2) is 5.92 Å². The molecule has 1 aliphatic carbocycles. The van der Waals surface area contributed by atoms with Crippen LogP contribution < -0.4 is 15.5 Å². The minimum Gasteiger partial charge on any atom is -0.316 e. The number of hydrogen-bond acceptors (Lipinski definition) is 3. The fourth-order valence-corrected chi connectivity index (χ4v) is 3.65. The van der Waals surface area contributed by atoms with Gasteiger partial charge in [-0.1, -0.05) is 29.8 Å². The van der Waals surface area contributed by atoms with Gasteiger partial charge in [-0.15, -0.1) is 0 Å². The van der Waals surface area contributed by atoms with Gasteiger partial charge in [-0.05, 0) is 50.8 Å². The molecule has 1 aliphatic heterocycles. The highest BCUT2D eigenvalue weighted by Gasteiger charge is 2.44. The molecule has 0 unspecified atom stereocenters. The van der Waals surface area contributed by atoms with E-state index in [-0.39, 0.29) is 0 Å². The first-order valence-corrected chi connectivity index (χ1v) is 9.53. The van der Waals surface area contributed by atoms with E-state index in [9.17, 15) is 14.4 Å². The summed E-state index contributed by atoms with van der Waals surface area (Å²) in [7, 11) is 0. The molecule has 0 aromatic heterocycles. The molecule has 3 N–H and O–H groups in total. The molecule has 0 saturated carbocycles. The largest absolute Gasteiger partial charge is 0.335 e. The lowest BCUT2D eigenvalue weighted by atomic mass is 9.96. The Kier molecular flexibility index (Phi) is 6.19. The Morgan fingerprint density at radius 2 is 2.00 bits per heavy atom. The van der Waals surface area contributed by atoms with E-state index in [4.69, 9.17) is 0 Å². The molecular weight excluding hydrogens is 342 g/mol. The Labute approximate surface area is 159 Å². The van der Waals surface area contributed by atoms with Gasteiger partial charge in [0.25, 0.3) is 11.8 Å². The third-order valence-electron chi connectivity index (χ3n) is 5.07. The number of carbonyl (C=O) groups is 3. The average Bonchev–Trinajstić information content (AvgIpc) is 2.68. The first-order chi connectivity index (χ1) is 13.1. The van der Waals surface area contributed by atoms with Gasteiger partial charge in [-0.25, -0.2) is 9.69 Å². The molecule has 0 spiro atoms. The number of carbonyl (C=O) groups excluding carboxylic acids is 3. The summed E-state index contributed by atoms with van der Waals surface area (Å²) >= 11 is 0. The lowest BCUT2D eigenvalue weighted by Gasteiger charge is -2.30. The molecule has 1 fully saturated rings. The van der Waals surface area contributed by atoms with E-state index in [0.29, 0.717) is 11.4 Å². The molecule has 6 heteroatoms. The zero-order chi connectivity index (χ0) is 19.2. The Morgan fingerprint density at radius 1 is 1.22 bits per heavy atom. The highest BCUT2D eigenvalue weighted by Crippen LogP contribution is 2.23. The Bertz CT molecular complexity index is 783. The van der Waals surface area contributed by atoms with Crippen LogP contribution in [0.25, 0.3) is 0 Å². The number of amides is 4. The minimum atomic E-state index is -0.992. The number of urea groups is 1. The van der Waals surface area contributed by atoms with Crippen molar-refractivity contribution < 1.29 is 19.7 Å². The van der Waals surface area contributed by atoms with Crippen molar-refractivity contribution in [2.24, 2.45) is 5.92 Å². The SMILES string of the molecule is C/C=C(/[NH2+]CCC1=CCCCC1)[C@H]1C(=O)NC(=O)N(c2ccccc2)C1=O. The predicted octanol–water partition coefficient (Wildman–Crippen LogP) is 2.24. The van der Waals surface area contributed by atoms with Crippen molar-refractivity contribution in [3.8, 4) is 0 Å². The molecule has 1 aromatic rings. The molecule has 27 heavy (non-hydrogen) atoms. The molecule has 1 saturated heterocycles. The van der Waals surface area contributed by atoms with E-state index in [1.165, 1.54) is 18.4 Å². The van der Waals surface area contributed by atoms with Crippen molar-refractivity contribution >= 4 is 23.5 Å². The summed E-state index contributed by atoms with van der Waals surface area (Å²) in [4.78, 5) is 38.7. The molecular formula is C21H26N3O3+. The van der Waals surface area contributed by atoms with Crippen LogP contribution in [0.1, 0.15) is 39.0 Å². The summed E-state index contributed by atoms with van der Waals surface area (Å²) in [6.45, 7) is 2.59. The van der Waals surface area contributed by atoms with Crippen LogP contribution in [0.15, 0.2) is 53.8 Å². The maximum absolute atomic E-state index is 13.0. The van der Waals surface area contributed by atoms with E-state index >= 15 is 0 Å². The summed E-state index contributed by atoms with van der Waals surface area (Å²) in [5.74, 6) is -2.05. The van der Waals surface area contributed by atoms with E-state index < -0.39 is 23.8 Å². The van der Waals surface area contributed by atoms with E-state index in [0.717, 1.165) is 30.7 Å². The summed E-state index contributed by atoms with van der Waals surface area (Å²) < 4.78 is 0. The van der Waals surface area contributed by atoms with Crippen molar-refractivity contribution in [2.75, 3.05) is 11.4 Å². The molecule has 4 amide bonds. The maximum Gasteiger partial charge on any atom is 0.335 e. The van der Waals surface area contributed by atoms with Gasteiger partial charge >= 0.3 is 6.03 Å². The quantitative estimate of drug-likeness (QED) is 0.597. The van der Waals surface area contributed by atoms with Gasteiger partial charge in [0, 0.05) is 6.42 Å². The minimum absolute atomic E-state index is 0.459. The highest BCUT2D eigenvalue weighted by molar-refractivity contribution is 6.28. The summed E-state index contributed by atoms with van der Waals surface area (Å²) in [6, 6.07) is 7.97. The van der Waals surface area contributed by atoms with Crippen LogP contribution in [0.2, 0.25) is 0 Å². The topological polar surface area (TPSA) is 83.1 Å². The monoisotopic (exact) mass is 368 g/mol. The lowest BCUT2D eigenvalue weighted by Crippen LogP contribution is -2.85. The normalized spacial score (nSPS) is 21.1. The number of benzene rings is 1. The Balaban J connectivity index is 1.72. The molecule has 6 nitrogen and oxygen atoms in total.